The van der Waals surface area contributed by atoms with Crippen molar-refractivity contribution in [2.75, 3.05) is 39.8 Å². The van der Waals surface area contributed by atoms with E-state index in [1.807, 2.05) is 42.5 Å². The fourth-order valence-corrected chi connectivity index (χ4v) is 6.05. The fraction of sp³-hybridized carbons (Fsp3) is 0.267. The molecule has 216 valence electrons. The Morgan fingerprint density at radius 3 is 2.24 bits per heavy atom. The first-order chi connectivity index (χ1) is 20.3. The molecule has 3 aromatic carbocycles. The SMILES string of the molecule is CN1CCN(/C(=N/O)c2ccc(-c3ccc([C@]4(CN5Cc6ccc(OI)cc6C5=O)NC(=O)NC4=O)cc3)cc2)CC1. The molecule has 2 saturated heterocycles. The molecule has 0 saturated carbocycles. The minimum absolute atomic E-state index is 0.0257. The molecule has 3 aliphatic rings. The highest BCUT2D eigenvalue weighted by molar-refractivity contribution is 14.1. The molecule has 12 heteroatoms. The average molecular weight is 681 g/mol. The number of urea groups is 1. The van der Waals surface area contributed by atoms with Crippen LogP contribution in [0.5, 0.6) is 5.75 Å². The summed E-state index contributed by atoms with van der Waals surface area (Å²) in [6.07, 6.45) is 0. The van der Waals surface area contributed by atoms with Crippen LogP contribution in [0.2, 0.25) is 0 Å². The number of nitrogens with one attached hydrogen (secondary N) is 2. The molecule has 11 nitrogen and oxygen atoms in total. The van der Waals surface area contributed by atoms with E-state index in [0.29, 0.717) is 29.3 Å². The lowest BCUT2D eigenvalue weighted by Gasteiger charge is -2.34. The van der Waals surface area contributed by atoms with Crippen molar-refractivity contribution >= 4 is 46.7 Å². The number of carbonyl (C=O) groups excluding carboxylic acids is 3. The molecule has 0 aliphatic carbocycles. The van der Waals surface area contributed by atoms with E-state index in [1.54, 1.807) is 52.2 Å². The summed E-state index contributed by atoms with van der Waals surface area (Å²) in [6, 6.07) is 19.8. The molecule has 3 aromatic rings. The highest BCUT2D eigenvalue weighted by Crippen LogP contribution is 2.34. The number of rotatable bonds is 6. The van der Waals surface area contributed by atoms with Gasteiger partial charge in [-0.3, -0.25) is 14.9 Å². The van der Waals surface area contributed by atoms with E-state index in [2.05, 4.69) is 32.6 Å². The second-order valence-corrected chi connectivity index (χ2v) is 11.2. The van der Waals surface area contributed by atoms with E-state index >= 15 is 0 Å². The van der Waals surface area contributed by atoms with Gasteiger partial charge in [0.15, 0.2) is 34.4 Å². The number of benzene rings is 3. The van der Waals surface area contributed by atoms with Crippen LogP contribution in [0, 0.1) is 0 Å². The first-order valence-corrected chi connectivity index (χ1v) is 14.4. The highest BCUT2D eigenvalue weighted by Gasteiger charge is 2.50. The normalized spacial score (nSPS) is 20.9. The molecule has 4 amide bonds. The Hall–Kier alpha value is -4.17. The standard InChI is InChI=1S/C30H29IN6O5/c1-35-12-14-36(15-13-35)26(34-41)21-4-2-19(3-5-21)20-6-9-23(10-7-20)30(28(39)32-29(40)33-30)18-37-17-22-8-11-24(42-31)16-25(22)27(37)38/h2-11,16,41H,12-15,17-18H2,1H3,(H2,32,33,39,40)/b34-26+/t30-/m0/s1. The molecule has 0 radical (unpaired) electrons. The molecule has 0 spiro atoms. The lowest BCUT2D eigenvalue weighted by molar-refractivity contribution is -0.124. The number of imide groups is 1. The van der Waals surface area contributed by atoms with Crippen LogP contribution in [-0.4, -0.2) is 83.4 Å². The van der Waals surface area contributed by atoms with Gasteiger partial charge >= 0.3 is 6.03 Å². The van der Waals surface area contributed by atoms with E-state index in [-0.39, 0.29) is 12.5 Å². The van der Waals surface area contributed by atoms with Crippen LogP contribution in [-0.2, 0) is 16.9 Å². The van der Waals surface area contributed by atoms with Gasteiger partial charge in [-0.15, -0.1) is 0 Å². The van der Waals surface area contributed by atoms with Crippen molar-refractivity contribution in [3.05, 3.63) is 89.0 Å². The number of amidine groups is 1. The third-order valence-electron chi connectivity index (χ3n) is 8.17. The molecule has 3 heterocycles. The number of likely N-dealkylation sites (N-methyl/N-ethyl adjacent to an activating group) is 1. The van der Waals surface area contributed by atoms with E-state index in [4.69, 9.17) is 3.07 Å². The highest BCUT2D eigenvalue weighted by atomic mass is 127. The summed E-state index contributed by atoms with van der Waals surface area (Å²) in [7, 11) is 2.07. The van der Waals surface area contributed by atoms with Gasteiger partial charge in [-0.05, 0) is 41.4 Å². The first kappa shape index (κ1) is 28.0. The van der Waals surface area contributed by atoms with Crippen molar-refractivity contribution in [3.63, 3.8) is 0 Å². The molecule has 6 rings (SSSR count). The lowest BCUT2D eigenvalue weighted by Crippen LogP contribution is -2.52. The first-order valence-electron chi connectivity index (χ1n) is 13.5. The Morgan fingerprint density at radius 1 is 0.976 bits per heavy atom. The maximum absolute atomic E-state index is 13.3. The van der Waals surface area contributed by atoms with Crippen LogP contribution >= 0.6 is 23.0 Å². The number of nitrogens with zero attached hydrogens (tertiary/aromatic N) is 4. The van der Waals surface area contributed by atoms with Crippen molar-refractivity contribution in [2.45, 2.75) is 12.1 Å². The van der Waals surface area contributed by atoms with Gasteiger partial charge in [0.25, 0.3) is 11.8 Å². The number of carbonyl (C=O) groups is 3. The summed E-state index contributed by atoms with van der Waals surface area (Å²) in [5, 5.41) is 18.4. The predicted octanol–water partition coefficient (Wildman–Crippen LogP) is 3.16. The fourth-order valence-electron chi connectivity index (χ4n) is 5.78. The number of halogens is 1. The molecular weight excluding hydrogens is 651 g/mol. The zero-order valence-electron chi connectivity index (χ0n) is 22.8. The van der Waals surface area contributed by atoms with E-state index in [9.17, 15) is 19.6 Å². The monoisotopic (exact) mass is 680 g/mol. The van der Waals surface area contributed by atoms with Crippen LogP contribution < -0.4 is 13.7 Å². The molecule has 0 bridgehead atoms. The van der Waals surface area contributed by atoms with Gasteiger partial charge in [0.1, 0.15) is 5.75 Å². The summed E-state index contributed by atoms with van der Waals surface area (Å²) in [6.45, 7) is 3.66. The number of oxime groups is 1. The van der Waals surface area contributed by atoms with Crippen LogP contribution in [0.1, 0.15) is 27.0 Å². The van der Waals surface area contributed by atoms with Crippen molar-refractivity contribution in [1.29, 1.82) is 0 Å². The Labute approximate surface area is 256 Å². The molecule has 1 atom stereocenters. The van der Waals surface area contributed by atoms with Gasteiger partial charge in [-0.25, -0.2) is 4.79 Å². The molecular formula is C30H29IN6O5. The van der Waals surface area contributed by atoms with Crippen LogP contribution in [0.3, 0.4) is 0 Å². The lowest BCUT2D eigenvalue weighted by atomic mass is 9.88. The smallest absolute Gasteiger partial charge is 0.322 e. The summed E-state index contributed by atoms with van der Waals surface area (Å²) < 4.78 is 5.24. The topological polar surface area (TPSA) is 127 Å². The summed E-state index contributed by atoms with van der Waals surface area (Å²) in [4.78, 5) is 44.7. The number of fused-ring (bicyclic) bond motifs is 1. The minimum atomic E-state index is -1.44. The van der Waals surface area contributed by atoms with Crippen LogP contribution in [0.4, 0.5) is 4.79 Å². The quantitative estimate of drug-likeness (QED) is 0.0913. The predicted molar refractivity (Wildman–Crippen MR) is 163 cm³/mol. The Bertz CT molecular complexity index is 1570. The Morgan fingerprint density at radius 2 is 1.64 bits per heavy atom. The number of hydrogen-bond donors (Lipinski definition) is 3. The second kappa shape index (κ2) is 11.2. The molecule has 3 aliphatic heterocycles. The van der Waals surface area contributed by atoms with Crippen molar-refractivity contribution < 1.29 is 22.7 Å². The van der Waals surface area contributed by atoms with Crippen molar-refractivity contribution in [1.82, 2.24) is 25.3 Å². The van der Waals surface area contributed by atoms with Crippen molar-refractivity contribution in [3.8, 4) is 16.9 Å². The Balaban J connectivity index is 1.23. The zero-order chi connectivity index (χ0) is 29.4. The molecule has 42 heavy (non-hydrogen) atoms. The maximum atomic E-state index is 13.3. The largest absolute Gasteiger partial charge is 0.428 e. The van der Waals surface area contributed by atoms with Crippen LogP contribution in [0.15, 0.2) is 71.9 Å². The van der Waals surface area contributed by atoms with Crippen molar-refractivity contribution in [2.24, 2.45) is 5.16 Å². The van der Waals surface area contributed by atoms with Gasteiger partial charge in [0, 0.05) is 43.9 Å². The third-order valence-corrected chi connectivity index (χ3v) is 8.68. The van der Waals surface area contributed by atoms with Crippen LogP contribution in [0.25, 0.3) is 11.1 Å². The summed E-state index contributed by atoms with van der Waals surface area (Å²) in [5.74, 6) is 0.373. The van der Waals surface area contributed by atoms with E-state index in [1.165, 1.54) is 0 Å². The Kier molecular flexibility index (Phi) is 7.49. The summed E-state index contributed by atoms with van der Waals surface area (Å²) in [5.41, 5.74) is 3.14. The van der Waals surface area contributed by atoms with Gasteiger partial charge in [-0.2, -0.15) is 0 Å². The maximum Gasteiger partial charge on any atom is 0.322 e. The molecule has 0 unspecified atom stereocenters. The van der Waals surface area contributed by atoms with E-state index in [0.717, 1.165) is 48.4 Å². The molecule has 0 aromatic heterocycles. The average Bonchev–Trinajstić information content (AvgIpc) is 3.48. The molecule has 3 N–H and O–H groups in total. The summed E-state index contributed by atoms with van der Waals surface area (Å²) >= 11 is 1.76. The van der Waals surface area contributed by atoms with E-state index < -0.39 is 17.5 Å². The minimum Gasteiger partial charge on any atom is -0.428 e. The zero-order valence-corrected chi connectivity index (χ0v) is 25.0. The van der Waals surface area contributed by atoms with Gasteiger partial charge in [0.05, 0.1) is 6.54 Å². The second-order valence-electron chi connectivity index (χ2n) is 10.7. The molecule has 2 fully saturated rings. The number of amides is 4. The number of piperazine rings is 1. The van der Waals surface area contributed by atoms with Gasteiger partial charge < -0.3 is 28.3 Å². The van der Waals surface area contributed by atoms with Gasteiger partial charge in [0.2, 0.25) is 0 Å². The van der Waals surface area contributed by atoms with Gasteiger partial charge in [-0.1, -0.05) is 59.8 Å². The third kappa shape index (κ3) is 5.04. The number of hydrogen-bond acceptors (Lipinski definition) is 7.